The van der Waals surface area contributed by atoms with Crippen LogP contribution in [-0.4, -0.2) is 50.6 Å². The largest absolute Gasteiger partial charge is 0.493 e. The molecule has 0 saturated carbocycles. The van der Waals surface area contributed by atoms with E-state index in [0.717, 1.165) is 35.3 Å². The molecule has 4 nitrogen and oxygen atoms in total. The molecule has 1 aromatic carbocycles. The average Bonchev–Trinajstić information content (AvgIpc) is 2.75. The Labute approximate surface area is 142 Å². The molecule has 0 N–H and O–H groups in total. The number of fused-ring (bicyclic) bond motifs is 1. The molecule has 2 rings (SSSR count). The Hall–Kier alpha value is -0.690. The number of rotatable bonds is 2. The summed E-state index contributed by atoms with van der Waals surface area (Å²) in [6.07, 6.45) is 0.931. The van der Waals surface area contributed by atoms with Crippen LogP contribution in [0.5, 0.6) is 5.75 Å². The van der Waals surface area contributed by atoms with E-state index in [9.17, 15) is 0 Å². The Bertz CT molecular complexity index is 493. The molecule has 0 bridgehead atoms. The highest BCUT2D eigenvalue weighted by Crippen LogP contribution is 2.33. The van der Waals surface area contributed by atoms with E-state index in [4.69, 9.17) is 16.3 Å². The van der Waals surface area contributed by atoms with Gasteiger partial charge in [-0.1, -0.05) is 11.6 Å². The average molecular weight is 410 g/mol. The number of hydrogen-bond acceptors (Lipinski definition) is 2. The Morgan fingerprint density at radius 2 is 1.90 bits per heavy atom. The highest BCUT2D eigenvalue weighted by Gasteiger charge is 2.17. The van der Waals surface area contributed by atoms with Crippen LogP contribution in [0.3, 0.4) is 0 Å². The van der Waals surface area contributed by atoms with Crippen molar-refractivity contribution < 1.29 is 4.74 Å². The minimum atomic E-state index is 0. The first kappa shape index (κ1) is 17.4. The predicted molar refractivity (Wildman–Crippen MR) is 94.6 cm³/mol. The number of hydrogen-bond donors (Lipinski definition) is 0. The van der Waals surface area contributed by atoms with Crippen LogP contribution >= 0.6 is 35.6 Å². The quantitative estimate of drug-likeness (QED) is 0.427. The van der Waals surface area contributed by atoms with Crippen molar-refractivity contribution in [1.82, 2.24) is 9.80 Å². The van der Waals surface area contributed by atoms with Gasteiger partial charge in [-0.2, -0.15) is 0 Å². The van der Waals surface area contributed by atoms with E-state index in [1.807, 2.05) is 50.1 Å². The zero-order chi connectivity index (χ0) is 14.0. The molecule has 0 aliphatic carbocycles. The number of halogens is 2. The van der Waals surface area contributed by atoms with E-state index in [2.05, 4.69) is 4.99 Å². The fraction of sp³-hybridized carbons (Fsp3) is 0.500. The van der Waals surface area contributed by atoms with E-state index in [0.29, 0.717) is 6.54 Å². The van der Waals surface area contributed by atoms with Gasteiger partial charge in [-0.25, -0.2) is 4.99 Å². The van der Waals surface area contributed by atoms with Crippen molar-refractivity contribution in [1.29, 1.82) is 0 Å². The second-order valence-corrected chi connectivity index (χ2v) is 5.49. The standard InChI is InChI=1S/C14H20ClN3O.HI/c1-17(2)14(18(3)4)16-9-11-8-12(15)7-10-5-6-19-13(10)11;/h7-8H,5-6,9H2,1-4H3;1H. The Kier molecular flexibility index (Phi) is 6.39. The van der Waals surface area contributed by atoms with E-state index in [1.54, 1.807) is 0 Å². The maximum atomic E-state index is 6.14. The van der Waals surface area contributed by atoms with Gasteiger partial charge < -0.3 is 14.5 Å². The van der Waals surface area contributed by atoms with Crippen molar-refractivity contribution in [3.05, 3.63) is 28.3 Å². The monoisotopic (exact) mass is 409 g/mol. The third-order valence-corrected chi connectivity index (χ3v) is 3.23. The van der Waals surface area contributed by atoms with Crippen molar-refractivity contribution in [2.75, 3.05) is 34.8 Å². The molecule has 0 aromatic heterocycles. The van der Waals surface area contributed by atoms with Crippen molar-refractivity contribution in [2.45, 2.75) is 13.0 Å². The highest BCUT2D eigenvalue weighted by molar-refractivity contribution is 14.0. The number of benzene rings is 1. The summed E-state index contributed by atoms with van der Waals surface area (Å²) >= 11 is 6.14. The molecule has 0 unspecified atom stereocenters. The van der Waals surface area contributed by atoms with Gasteiger partial charge in [-0.3, -0.25) is 0 Å². The Balaban J connectivity index is 0.00000200. The molecule has 1 aromatic rings. The van der Waals surface area contributed by atoms with Gasteiger partial charge in [-0.15, -0.1) is 24.0 Å². The van der Waals surface area contributed by atoms with Gasteiger partial charge >= 0.3 is 0 Å². The molecular weight excluding hydrogens is 389 g/mol. The summed E-state index contributed by atoms with van der Waals surface area (Å²) in [6, 6.07) is 3.92. The normalized spacial score (nSPS) is 12.1. The minimum Gasteiger partial charge on any atom is -0.493 e. The summed E-state index contributed by atoms with van der Waals surface area (Å²) in [7, 11) is 7.94. The summed E-state index contributed by atoms with van der Waals surface area (Å²) < 4.78 is 5.68. The van der Waals surface area contributed by atoms with Crippen molar-refractivity contribution in [2.24, 2.45) is 4.99 Å². The molecule has 0 fully saturated rings. The second kappa shape index (κ2) is 7.36. The summed E-state index contributed by atoms with van der Waals surface area (Å²) in [5, 5.41) is 0.755. The van der Waals surface area contributed by atoms with Gasteiger partial charge in [0.25, 0.3) is 0 Å². The summed E-state index contributed by atoms with van der Waals surface area (Å²) in [6.45, 7) is 1.31. The van der Waals surface area contributed by atoms with Gasteiger partial charge in [0.05, 0.1) is 13.2 Å². The third-order valence-electron chi connectivity index (χ3n) is 3.02. The molecule has 1 heterocycles. The van der Waals surface area contributed by atoms with E-state index < -0.39 is 0 Å². The van der Waals surface area contributed by atoms with Crippen molar-refractivity contribution in [3.63, 3.8) is 0 Å². The summed E-state index contributed by atoms with van der Waals surface area (Å²) in [5.41, 5.74) is 2.25. The van der Waals surface area contributed by atoms with Gasteiger partial charge in [0.15, 0.2) is 5.96 Å². The van der Waals surface area contributed by atoms with Crippen molar-refractivity contribution in [3.8, 4) is 5.75 Å². The van der Waals surface area contributed by atoms with E-state index in [-0.39, 0.29) is 24.0 Å². The minimum absolute atomic E-state index is 0. The lowest BCUT2D eigenvalue weighted by molar-refractivity contribution is 0.353. The molecule has 0 atom stereocenters. The summed E-state index contributed by atoms with van der Waals surface area (Å²) in [5.74, 6) is 1.89. The van der Waals surface area contributed by atoms with Crippen LogP contribution in [-0.2, 0) is 13.0 Å². The predicted octanol–water partition coefficient (Wildman–Crippen LogP) is 2.87. The zero-order valence-corrected chi connectivity index (χ0v) is 15.4. The second-order valence-electron chi connectivity index (χ2n) is 5.06. The lowest BCUT2D eigenvalue weighted by Crippen LogP contribution is -2.35. The van der Waals surface area contributed by atoms with Crippen LogP contribution in [0.1, 0.15) is 11.1 Å². The van der Waals surface area contributed by atoms with Crippen LogP contribution in [0, 0.1) is 0 Å². The first-order valence-corrected chi connectivity index (χ1v) is 6.70. The van der Waals surface area contributed by atoms with Crippen LogP contribution < -0.4 is 4.74 Å². The zero-order valence-electron chi connectivity index (χ0n) is 12.3. The summed E-state index contributed by atoms with van der Waals surface area (Å²) in [4.78, 5) is 8.62. The van der Waals surface area contributed by atoms with E-state index in [1.165, 1.54) is 5.56 Å². The van der Waals surface area contributed by atoms with Crippen LogP contribution in [0.15, 0.2) is 17.1 Å². The van der Waals surface area contributed by atoms with Gasteiger partial charge in [-0.05, 0) is 17.7 Å². The Morgan fingerprint density at radius 3 is 2.50 bits per heavy atom. The number of guanidine groups is 1. The smallest absolute Gasteiger partial charge is 0.195 e. The molecule has 20 heavy (non-hydrogen) atoms. The maximum absolute atomic E-state index is 6.14. The molecule has 6 heteroatoms. The first-order valence-electron chi connectivity index (χ1n) is 6.32. The molecular formula is C14H21ClIN3O. The Morgan fingerprint density at radius 1 is 1.25 bits per heavy atom. The topological polar surface area (TPSA) is 28.1 Å². The molecule has 1 aliphatic rings. The number of ether oxygens (including phenoxy) is 1. The molecule has 112 valence electrons. The van der Waals surface area contributed by atoms with Gasteiger partial charge in [0.2, 0.25) is 0 Å². The van der Waals surface area contributed by atoms with E-state index >= 15 is 0 Å². The number of nitrogens with zero attached hydrogens (tertiary/aromatic N) is 3. The molecule has 0 amide bonds. The van der Waals surface area contributed by atoms with Crippen LogP contribution in [0.25, 0.3) is 0 Å². The molecule has 0 spiro atoms. The molecule has 0 radical (unpaired) electrons. The lowest BCUT2D eigenvalue weighted by atomic mass is 10.1. The van der Waals surface area contributed by atoms with Gasteiger partial charge in [0, 0.05) is 45.2 Å². The molecule has 0 saturated heterocycles. The van der Waals surface area contributed by atoms with Crippen LogP contribution in [0.2, 0.25) is 5.02 Å². The lowest BCUT2D eigenvalue weighted by Gasteiger charge is -2.22. The molecule has 1 aliphatic heterocycles. The van der Waals surface area contributed by atoms with Crippen molar-refractivity contribution >= 4 is 41.5 Å². The maximum Gasteiger partial charge on any atom is 0.195 e. The highest BCUT2D eigenvalue weighted by atomic mass is 127. The van der Waals surface area contributed by atoms with Gasteiger partial charge in [0.1, 0.15) is 5.75 Å². The fourth-order valence-corrected chi connectivity index (χ4v) is 2.57. The fourth-order valence-electron chi connectivity index (χ4n) is 2.30. The number of aliphatic imine (C=N–C) groups is 1. The SMILES string of the molecule is CN(C)C(=NCc1cc(Cl)cc2c1OCC2)N(C)C.I. The van der Waals surface area contributed by atoms with Crippen LogP contribution in [0.4, 0.5) is 0 Å². The third kappa shape index (κ3) is 3.91. The first-order chi connectivity index (χ1) is 8.99.